The number of ether oxygens (including phenoxy) is 1. The van der Waals surface area contributed by atoms with Crippen molar-refractivity contribution in [2.24, 2.45) is 0 Å². The maximum atomic E-state index is 11.4. The van der Waals surface area contributed by atoms with Gasteiger partial charge in [0.05, 0.1) is 6.61 Å². The lowest BCUT2D eigenvalue weighted by atomic mass is 10.1. The highest BCUT2D eigenvalue weighted by Gasteiger charge is 2.44. The lowest BCUT2D eigenvalue weighted by molar-refractivity contribution is -0.125. The Bertz CT molecular complexity index is 263. The van der Waals surface area contributed by atoms with Gasteiger partial charge in [-0.1, -0.05) is 6.92 Å². The van der Waals surface area contributed by atoms with Gasteiger partial charge in [-0.15, -0.1) is 0 Å². The predicted molar refractivity (Wildman–Crippen MR) is 55.4 cm³/mol. The first-order valence-corrected chi connectivity index (χ1v) is 5.21. The number of imide groups is 1. The van der Waals surface area contributed by atoms with Crippen LogP contribution in [0.15, 0.2) is 0 Å². The number of nitrogens with one attached hydrogen (secondary N) is 1. The van der Waals surface area contributed by atoms with E-state index in [2.05, 4.69) is 5.32 Å². The van der Waals surface area contributed by atoms with Crippen molar-refractivity contribution in [2.45, 2.75) is 32.7 Å². The van der Waals surface area contributed by atoms with Crippen LogP contribution in [0.3, 0.4) is 0 Å². The second kappa shape index (κ2) is 4.61. The number of carbonyl (C=O) groups excluding carboxylic acids is 2. The van der Waals surface area contributed by atoms with E-state index in [1.54, 1.807) is 13.8 Å². The van der Waals surface area contributed by atoms with Crippen LogP contribution in [0.5, 0.6) is 0 Å². The number of nitrogens with zero attached hydrogens (tertiary/aromatic N) is 1. The monoisotopic (exact) mass is 214 g/mol. The molecule has 0 bridgehead atoms. The Labute approximate surface area is 89.8 Å². The van der Waals surface area contributed by atoms with E-state index in [0.29, 0.717) is 19.8 Å². The molecule has 5 heteroatoms. The average molecular weight is 214 g/mol. The van der Waals surface area contributed by atoms with Crippen LogP contribution in [0, 0.1) is 0 Å². The number of urea groups is 1. The van der Waals surface area contributed by atoms with Gasteiger partial charge in [0, 0.05) is 13.2 Å². The average Bonchev–Trinajstić information content (AvgIpc) is 2.34. The number of hydrogen-bond acceptors (Lipinski definition) is 3. The van der Waals surface area contributed by atoms with Gasteiger partial charge in [0.1, 0.15) is 5.54 Å². The third kappa shape index (κ3) is 2.47. The van der Waals surface area contributed by atoms with Gasteiger partial charge in [0.2, 0.25) is 0 Å². The van der Waals surface area contributed by atoms with E-state index in [0.717, 1.165) is 6.42 Å². The Morgan fingerprint density at radius 2 is 2.00 bits per heavy atom. The Kier molecular flexibility index (Phi) is 3.68. The van der Waals surface area contributed by atoms with Gasteiger partial charge in [-0.05, 0) is 20.3 Å². The zero-order valence-electron chi connectivity index (χ0n) is 9.50. The second-order valence-electron chi connectivity index (χ2n) is 4.08. The number of amides is 3. The molecular formula is C10H18N2O3. The van der Waals surface area contributed by atoms with Crippen LogP contribution in [0.2, 0.25) is 0 Å². The third-order valence-corrected chi connectivity index (χ3v) is 2.50. The van der Waals surface area contributed by atoms with Gasteiger partial charge in [0.25, 0.3) is 5.91 Å². The van der Waals surface area contributed by atoms with Crippen LogP contribution in [0.4, 0.5) is 4.79 Å². The van der Waals surface area contributed by atoms with Crippen molar-refractivity contribution in [1.82, 2.24) is 10.2 Å². The predicted octanol–water partition coefficient (Wildman–Crippen LogP) is 0.743. The lowest BCUT2D eigenvalue weighted by Gasteiger charge is -2.27. The minimum atomic E-state index is -0.757. The standard InChI is InChI=1S/C10H18N2O3/c1-4-6-15-7-5-12-9(14)11-8(13)10(12,2)3/h4-7H2,1-3H3,(H,11,13,14). The van der Waals surface area contributed by atoms with Crippen molar-refractivity contribution < 1.29 is 14.3 Å². The van der Waals surface area contributed by atoms with Crippen molar-refractivity contribution in [3.8, 4) is 0 Å². The molecule has 0 radical (unpaired) electrons. The van der Waals surface area contributed by atoms with Gasteiger partial charge in [-0.2, -0.15) is 0 Å². The molecule has 3 amide bonds. The fourth-order valence-corrected chi connectivity index (χ4v) is 1.48. The molecule has 86 valence electrons. The molecule has 0 aromatic carbocycles. The highest BCUT2D eigenvalue weighted by Crippen LogP contribution is 2.19. The maximum absolute atomic E-state index is 11.4. The van der Waals surface area contributed by atoms with Crippen LogP contribution in [-0.4, -0.2) is 42.1 Å². The summed E-state index contributed by atoms with van der Waals surface area (Å²) in [5, 5.41) is 2.29. The summed E-state index contributed by atoms with van der Waals surface area (Å²) in [4.78, 5) is 24.3. The molecule has 0 unspecified atom stereocenters. The van der Waals surface area contributed by atoms with Crippen LogP contribution < -0.4 is 5.32 Å². The number of hydrogen-bond donors (Lipinski definition) is 1. The summed E-state index contributed by atoms with van der Waals surface area (Å²) in [5.41, 5.74) is -0.757. The van der Waals surface area contributed by atoms with E-state index in [-0.39, 0.29) is 11.9 Å². The molecule has 1 aliphatic heterocycles. The molecule has 1 N–H and O–H groups in total. The molecule has 15 heavy (non-hydrogen) atoms. The highest BCUT2D eigenvalue weighted by molar-refractivity contribution is 6.06. The molecule has 0 spiro atoms. The summed E-state index contributed by atoms with van der Waals surface area (Å²) in [6, 6.07) is -0.329. The molecule has 0 aliphatic carbocycles. The van der Waals surface area contributed by atoms with Crippen LogP contribution >= 0.6 is 0 Å². The topological polar surface area (TPSA) is 58.6 Å². The van der Waals surface area contributed by atoms with Crippen molar-refractivity contribution in [3.05, 3.63) is 0 Å². The molecule has 0 saturated carbocycles. The molecule has 0 atom stereocenters. The molecule has 1 saturated heterocycles. The molecule has 1 fully saturated rings. The summed E-state index contributed by atoms with van der Waals surface area (Å²) < 4.78 is 5.29. The number of rotatable bonds is 5. The Morgan fingerprint density at radius 3 is 2.47 bits per heavy atom. The fourth-order valence-electron chi connectivity index (χ4n) is 1.48. The Morgan fingerprint density at radius 1 is 1.33 bits per heavy atom. The van der Waals surface area contributed by atoms with E-state index < -0.39 is 5.54 Å². The SMILES string of the molecule is CCCOCCN1C(=O)NC(=O)C1(C)C. The summed E-state index contributed by atoms with van der Waals surface area (Å²) in [7, 11) is 0. The first-order chi connectivity index (χ1) is 7.00. The summed E-state index contributed by atoms with van der Waals surface area (Å²) >= 11 is 0. The van der Waals surface area contributed by atoms with Gasteiger partial charge < -0.3 is 9.64 Å². The lowest BCUT2D eigenvalue weighted by Crippen LogP contribution is -2.45. The zero-order chi connectivity index (χ0) is 11.5. The van der Waals surface area contributed by atoms with Crippen molar-refractivity contribution in [2.75, 3.05) is 19.8 Å². The first kappa shape index (κ1) is 12.0. The Hall–Kier alpha value is -1.10. The van der Waals surface area contributed by atoms with E-state index in [1.807, 2.05) is 6.92 Å². The number of carbonyl (C=O) groups is 2. The zero-order valence-corrected chi connectivity index (χ0v) is 9.50. The highest BCUT2D eigenvalue weighted by atomic mass is 16.5. The van der Waals surface area contributed by atoms with E-state index in [9.17, 15) is 9.59 Å². The van der Waals surface area contributed by atoms with Crippen molar-refractivity contribution in [1.29, 1.82) is 0 Å². The normalized spacial score (nSPS) is 19.5. The quantitative estimate of drug-likeness (QED) is 0.542. The minimum Gasteiger partial charge on any atom is -0.380 e. The molecule has 1 aliphatic rings. The molecule has 5 nitrogen and oxygen atoms in total. The molecular weight excluding hydrogens is 196 g/mol. The van der Waals surface area contributed by atoms with Crippen LogP contribution in [0.25, 0.3) is 0 Å². The molecule has 1 heterocycles. The third-order valence-electron chi connectivity index (χ3n) is 2.50. The van der Waals surface area contributed by atoms with E-state index in [1.165, 1.54) is 4.90 Å². The van der Waals surface area contributed by atoms with E-state index in [4.69, 9.17) is 4.74 Å². The maximum Gasteiger partial charge on any atom is 0.325 e. The molecule has 1 rings (SSSR count). The van der Waals surface area contributed by atoms with Crippen molar-refractivity contribution in [3.63, 3.8) is 0 Å². The smallest absolute Gasteiger partial charge is 0.325 e. The molecule has 0 aromatic rings. The van der Waals surface area contributed by atoms with Crippen LogP contribution in [0.1, 0.15) is 27.2 Å². The van der Waals surface area contributed by atoms with Crippen LogP contribution in [-0.2, 0) is 9.53 Å². The van der Waals surface area contributed by atoms with Gasteiger partial charge in [0.15, 0.2) is 0 Å². The summed E-state index contributed by atoms with van der Waals surface area (Å²) in [6.07, 6.45) is 0.953. The molecule has 0 aromatic heterocycles. The van der Waals surface area contributed by atoms with Gasteiger partial charge in [-0.25, -0.2) is 4.79 Å². The minimum absolute atomic E-state index is 0.247. The second-order valence-corrected chi connectivity index (χ2v) is 4.08. The van der Waals surface area contributed by atoms with Gasteiger partial charge >= 0.3 is 6.03 Å². The van der Waals surface area contributed by atoms with Gasteiger partial charge in [-0.3, -0.25) is 10.1 Å². The Balaban J connectivity index is 2.46. The summed E-state index contributed by atoms with van der Waals surface area (Å²) in [5.74, 6) is -0.247. The van der Waals surface area contributed by atoms with E-state index >= 15 is 0 Å². The first-order valence-electron chi connectivity index (χ1n) is 5.21. The summed E-state index contributed by atoms with van der Waals surface area (Å²) in [6.45, 7) is 7.09. The fraction of sp³-hybridized carbons (Fsp3) is 0.800. The van der Waals surface area contributed by atoms with Crippen molar-refractivity contribution >= 4 is 11.9 Å². The largest absolute Gasteiger partial charge is 0.380 e.